The van der Waals surface area contributed by atoms with E-state index in [-0.39, 0.29) is 24.0 Å². The lowest BCUT2D eigenvalue weighted by atomic mass is 10.1. The molecule has 0 saturated carbocycles. The molecule has 20 heavy (non-hydrogen) atoms. The molecule has 1 unspecified atom stereocenters. The minimum atomic E-state index is 0. The number of unbranched alkanes of at least 4 members (excludes halogenated alkanes) is 8. The summed E-state index contributed by atoms with van der Waals surface area (Å²) >= 11 is 5.99. The van der Waals surface area contributed by atoms with E-state index in [0.717, 1.165) is 12.4 Å². The van der Waals surface area contributed by atoms with Gasteiger partial charge in [0, 0.05) is 0 Å². The fourth-order valence-electron chi connectivity index (χ4n) is 2.73. The quantitative estimate of drug-likeness (QED) is 0.176. The molecule has 0 aliphatic carbocycles. The van der Waals surface area contributed by atoms with E-state index < -0.39 is 0 Å². The third kappa shape index (κ3) is 13.9. The van der Waals surface area contributed by atoms with Gasteiger partial charge in [0.2, 0.25) is 0 Å². The smallest absolute Gasteiger partial charge is 0.0922 e. The van der Waals surface area contributed by atoms with Crippen molar-refractivity contribution >= 4 is 11.6 Å². The predicted molar refractivity (Wildman–Crippen MR) is 89.0 cm³/mol. The Labute approximate surface area is 150 Å². The Kier molecular flexibility index (Phi) is 19.0. The van der Waals surface area contributed by atoms with Crippen molar-refractivity contribution in [1.82, 2.24) is 0 Å². The van der Waals surface area contributed by atoms with Gasteiger partial charge in [-0.25, -0.2) is 0 Å². The highest BCUT2D eigenvalue weighted by Gasteiger charge is 2.19. The lowest BCUT2D eigenvalue weighted by Gasteiger charge is -2.34. The molecule has 0 saturated heterocycles. The maximum absolute atomic E-state index is 5.99. The summed E-state index contributed by atoms with van der Waals surface area (Å²) in [6.45, 7) is 8.35. The van der Waals surface area contributed by atoms with Crippen LogP contribution in [0.25, 0.3) is 0 Å². The molecule has 0 heterocycles. The SMILES string of the molecule is CCCCCCCC[N+](C)(CCCl)CCCCCC.[I-]. The molecule has 0 aromatic carbocycles. The first kappa shape index (κ1) is 23.2. The van der Waals surface area contributed by atoms with Gasteiger partial charge in [-0.1, -0.05) is 52.4 Å². The Balaban J connectivity index is 0. The van der Waals surface area contributed by atoms with Crippen LogP contribution in [0.15, 0.2) is 0 Å². The van der Waals surface area contributed by atoms with Crippen LogP contribution >= 0.6 is 11.6 Å². The van der Waals surface area contributed by atoms with E-state index in [4.69, 9.17) is 11.6 Å². The van der Waals surface area contributed by atoms with Crippen molar-refractivity contribution < 1.29 is 28.5 Å². The van der Waals surface area contributed by atoms with E-state index in [0.29, 0.717) is 0 Å². The van der Waals surface area contributed by atoms with Crippen LogP contribution < -0.4 is 24.0 Å². The maximum Gasteiger partial charge on any atom is 0.0922 e. The summed E-state index contributed by atoms with van der Waals surface area (Å²) in [5.41, 5.74) is 0. The molecule has 0 aromatic heterocycles. The van der Waals surface area contributed by atoms with Crippen molar-refractivity contribution in [3.8, 4) is 0 Å². The third-order valence-electron chi connectivity index (χ3n) is 4.23. The van der Waals surface area contributed by atoms with Crippen LogP contribution in [0.4, 0.5) is 0 Å². The molecule has 0 aliphatic rings. The number of rotatable bonds is 14. The lowest BCUT2D eigenvalue weighted by molar-refractivity contribution is -0.907. The van der Waals surface area contributed by atoms with Crippen molar-refractivity contribution in [2.45, 2.75) is 78.1 Å². The molecule has 0 bridgehead atoms. The van der Waals surface area contributed by atoms with Gasteiger partial charge in [-0.3, -0.25) is 0 Å². The molecule has 3 heteroatoms. The Hall–Kier alpha value is 0.980. The van der Waals surface area contributed by atoms with Gasteiger partial charge in [-0.05, 0) is 25.7 Å². The molecule has 0 radical (unpaired) electrons. The third-order valence-corrected chi connectivity index (χ3v) is 4.40. The van der Waals surface area contributed by atoms with Crippen LogP contribution in [-0.4, -0.2) is 37.0 Å². The molecular formula is C17H37ClIN. The Morgan fingerprint density at radius 2 is 1.05 bits per heavy atom. The number of nitrogens with zero attached hydrogens (tertiary/aromatic N) is 1. The molecule has 0 spiro atoms. The summed E-state index contributed by atoms with van der Waals surface area (Å²) in [5.74, 6) is 0.806. The summed E-state index contributed by atoms with van der Waals surface area (Å²) in [4.78, 5) is 0. The maximum atomic E-state index is 5.99. The fourth-order valence-corrected chi connectivity index (χ4v) is 3.14. The highest BCUT2D eigenvalue weighted by molar-refractivity contribution is 6.17. The second kappa shape index (κ2) is 16.4. The lowest BCUT2D eigenvalue weighted by Crippen LogP contribution is -3.00. The van der Waals surface area contributed by atoms with Crippen LogP contribution in [-0.2, 0) is 0 Å². The molecule has 0 rings (SSSR count). The fraction of sp³-hybridized carbons (Fsp3) is 1.00. The predicted octanol–water partition coefficient (Wildman–Crippen LogP) is 2.62. The van der Waals surface area contributed by atoms with E-state index in [1.54, 1.807) is 0 Å². The van der Waals surface area contributed by atoms with Crippen LogP contribution in [0, 0.1) is 0 Å². The van der Waals surface area contributed by atoms with Crippen LogP contribution in [0.2, 0.25) is 0 Å². The van der Waals surface area contributed by atoms with Crippen LogP contribution in [0.3, 0.4) is 0 Å². The largest absolute Gasteiger partial charge is 1.00 e. The van der Waals surface area contributed by atoms with Crippen LogP contribution in [0.1, 0.15) is 78.1 Å². The topological polar surface area (TPSA) is 0 Å². The number of quaternary nitrogens is 1. The van der Waals surface area contributed by atoms with Gasteiger partial charge in [0.05, 0.1) is 32.6 Å². The normalized spacial score (nSPS) is 13.8. The molecule has 0 aliphatic heterocycles. The van der Waals surface area contributed by atoms with Crippen molar-refractivity contribution in [1.29, 1.82) is 0 Å². The van der Waals surface area contributed by atoms with Crippen LogP contribution in [0.5, 0.6) is 0 Å². The monoisotopic (exact) mass is 417 g/mol. The van der Waals surface area contributed by atoms with Gasteiger partial charge in [0.15, 0.2) is 0 Å². The molecule has 1 nitrogen and oxygen atoms in total. The zero-order valence-electron chi connectivity index (χ0n) is 14.1. The number of hydrogen-bond donors (Lipinski definition) is 0. The summed E-state index contributed by atoms with van der Waals surface area (Å²) in [5, 5.41) is 0. The second-order valence-corrected chi connectivity index (χ2v) is 6.69. The van der Waals surface area contributed by atoms with E-state index in [1.165, 1.54) is 81.8 Å². The van der Waals surface area contributed by atoms with Gasteiger partial charge in [0.1, 0.15) is 0 Å². The van der Waals surface area contributed by atoms with Gasteiger partial charge in [0.25, 0.3) is 0 Å². The molecular weight excluding hydrogens is 381 g/mol. The summed E-state index contributed by atoms with van der Waals surface area (Å²) in [6.07, 6.45) is 13.9. The first-order valence-corrected chi connectivity index (χ1v) is 9.11. The first-order valence-electron chi connectivity index (χ1n) is 8.58. The highest BCUT2D eigenvalue weighted by Crippen LogP contribution is 2.13. The zero-order valence-corrected chi connectivity index (χ0v) is 17.0. The highest BCUT2D eigenvalue weighted by atomic mass is 127. The number of halogens is 2. The molecule has 0 N–H and O–H groups in total. The first-order chi connectivity index (χ1) is 9.18. The van der Waals surface area contributed by atoms with E-state index in [1.807, 2.05) is 0 Å². The van der Waals surface area contributed by atoms with E-state index >= 15 is 0 Å². The molecule has 0 fully saturated rings. The Morgan fingerprint density at radius 3 is 1.50 bits per heavy atom. The summed E-state index contributed by atoms with van der Waals surface area (Å²) < 4.78 is 1.20. The van der Waals surface area contributed by atoms with E-state index in [9.17, 15) is 0 Å². The van der Waals surface area contributed by atoms with Crippen molar-refractivity contribution in [3.63, 3.8) is 0 Å². The summed E-state index contributed by atoms with van der Waals surface area (Å²) in [6, 6.07) is 0. The Bertz CT molecular complexity index is 190. The molecule has 1 atom stereocenters. The van der Waals surface area contributed by atoms with Gasteiger partial charge in [-0.15, -0.1) is 11.6 Å². The van der Waals surface area contributed by atoms with E-state index in [2.05, 4.69) is 20.9 Å². The second-order valence-electron chi connectivity index (χ2n) is 6.31. The van der Waals surface area contributed by atoms with Crippen molar-refractivity contribution in [3.05, 3.63) is 0 Å². The van der Waals surface area contributed by atoms with Gasteiger partial charge in [-0.2, -0.15) is 0 Å². The van der Waals surface area contributed by atoms with Gasteiger partial charge < -0.3 is 28.5 Å². The average molecular weight is 418 g/mol. The standard InChI is InChI=1S/C17H37ClN.HI/c1-4-6-8-10-11-13-16-19(3,17-14-18)15-12-9-7-5-2;/h4-17H2,1-3H3;1H/q+1;/p-1. The van der Waals surface area contributed by atoms with Gasteiger partial charge >= 0.3 is 0 Å². The average Bonchev–Trinajstić information content (AvgIpc) is 2.39. The zero-order chi connectivity index (χ0) is 14.4. The van der Waals surface area contributed by atoms with Crippen molar-refractivity contribution in [2.75, 3.05) is 32.6 Å². The minimum Gasteiger partial charge on any atom is -1.00 e. The van der Waals surface area contributed by atoms with Crippen molar-refractivity contribution in [2.24, 2.45) is 0 Å². The molecule has 0 amide bonds. The Morgan fingerprint density at radius 1 is 0.650 bits per heavy atom. The summed E-state index contributed by atoms with van der Waals surface area (Å²) in [7, 11) is 2.40. The molecule has 124 valence electrons. The number of alkyl halides is 1. The minimum absolute atomic E-state index is 0. The number of hydrogen-bond acceptors (Lipinski definition) is 0. The molecule has 0 aromatic rings.